The van der Waals surface area contributed by atoms with E-state index in [4.69, 9.17) is 5.73 Å². The third-order valence-corrected chi connectivity index (χ3v) is 4.48. The number of rotatable bonds is 4. The van der Waals surface area contributed by atoms with Crippen molar-refractivity contribution in [3.8, 4) is 0 Å². The molecule has 0 radical (unpaired) electrons. The van der Waals surface area contributed by atoms with Crippen LogP contribution < -0.4 is 11.1 Å². The Labute approximate surface area is 115 Å². The van der Waals surface area contributed by atoms with Gasteiger partial charge in [-0.15, -0.1) is 0 Å². The standard InChI is InChI=1S/C16H23N3/c17-16(19-15-7-4-8-15)18-11-12-9-14(10-12)13-5-2-1-3-6-13/h1-3,5-6,12,14-15H,4,7-11H2,(H3,17,18,19). The van der Waals surface area contributed by atoms with Crippen LogP contribution in [0.4, 0.5) is 0 Å². The summed E-state index contributed by atoms with van der Waals surface area (Å²) in [5.41, 5.74) is 7.37. The molecule has 0 unspecified atom stereocenters. The Morgan fingerprint density at radius 1 is 1.21 bits per heavy atom. The van der Waals surface area contributed by atoms with Crippen molar-refractivity contribution in [3.05, 3.63) is 35.9 Å². The van der Waals surface area contributed by atoms with Crippen molar-refractivity contribution in [2.24, 2.45) is 16.6 Å². The Bertz CT molecular complexity index is 431. The van der Waals surface area contributed by atoms with Gasteiger partial charge in [-0.05, 0) is 49.5 Å². The predicted molar refractivity (Wildman–Crippen MR) is 79.2 cm³/mol. The summed E-state index contributed by atoms with van der Waals surface area (Å²) in [6.45, 7) is 0.884. The fourth-order valence-corrected chi connectivity index (χ4v) is 2.92. The molecule has 3 nitrogen and oxygen atoms in total. The number of hydrogen-bond donors (Lipinski definition) is 2. The molecule has 0 saturated heterocycles. The lowest BCUT2D eigenvalue weighted by atomic mass is 9.71. The first kappa shape index (κ1) is 12.5. The molecule has 3 N–H and O–H groups in total. The minimum atomic E-state index is 0.585. The van der Waals surface area contributed by atoms with Crippen molar-refractivity contribution in [2.75, 3.05) is 6.54 Å². The zero-order valence-corrected chi connectivity index (χ0v) is 11.4. The van der Waals surface area contributed by atoms with E-state index in [0.29, 0.717) is 17.9 Å². The van der Waals surface area contributed by atoms with E-state index < -0.39 is 0 Å². The molecule has 2 saturated carbocycles. The zero-order valence-electron chi connectivity index (χ0n) is 11.4. The lowest BCUT2D eigenvalue weighted by Crippen LogP contribution is -2.44. The number of nitrogens with one attached hydrogen (secondary N) is 1. The van der Waals surface area contributed by atoms with E-state index in [1.165, 1.54) is 37.7 Å². The highest BCUT2D eigenvalue weighted by atomic mass is 15.1. The van der Waals surface area contributed by atoms with Crippen molar-refractivity contribution in [2.45, 2.75) is 44.1 Å². The van der Waals surface area contributed by atoms with Crippen LogP contribution in [-0.2, 0) is 0 Å². The van der Waals surface area contributed by atoms with Crippen LogP contribution in [-0.4, -0.2) is 18.5 Å². The number of guanidine groups is 1. The Morgan fingerprint density at radius 2 is 1.95 bits per heavy atom. The summed E-state index contributed by atoms with van der Waals surface area (Å²) in [5.74, 6) is 2.10. The third kappa shape index (κ3) is 3.09. The number of nitrogens with zero attached hydrogens (tertiary/aromatic N) is 1. The maximum Gasteiger partial charge on any atom is 0.188 e. The average molecular weight is 257 g/mol. The first-order valence-corrected chi connectivity index (χ1v) is 7.42. The molecule has 3 rings (SSSR count). The van der Waals surface area contributed by atoms with Crippen LogP contribution in [0.3, 0.4) is 0 Å². The molecule has 0 aromatic heterocycles. The average Bonchev–Trinajstić information content (AvgIpc) is 2.33. The van der Waals surface area contributed by atoms with Gasteiger partial charge in [0.05, 0.1) is 0 Å². The van der Waals surface area contributed by atoms with Gasteiger partial charge in [-0.1, -0.05) is 30.3 Å². The highest BCUT2D eigenvalue weighted by Gasteiger charge is 2.29. The Kier molecular flexibility index (Phi) is 3.72. The highest BCUT2D eigenvalue weighted by Crippen LogP contribution is 2.41. The van der Waals surface area contributed by atoms with E-state index in [9.17, 15) is 0 Å². The van der Waals surface area contributed by atoms with Crippen LogP contribution in [0.5, 0.6) is 0 Å². The topological polar surface area (TPSA) is 50.4 Å². The minimum absolute atomic E-state index is 0.585. The van der Waals surface area contributed by atoms with Crippen molar-refractivity contribution < 1.29 is 0 Å². The van der Waals surface area contributed by atoms with Gasteiger partial charge in [-0.25, -0.2) is 0 Å². The Balaban J connectivity index is 1.40. The number of nitrogens with two attached hydrogens (primary N) is 1. The summed E-state index contributed by atoms with van der Waals surface area (Å²) in [6.07, 6.45) is 6.33. The zero-order chi connectivity index (χ0) is 13.1. The van der Waals surface area contributed by atoms with Crippen LogP contribution >= 0.6 is 0 Å². The van der Waals surface area contributed by atoms with Crippen LogP contribution in [0.1, 0.15) is 43.6 Å². The Morgan fingerprint density at radius 3 is 2.58 bits per heavy atom. The lowest BCUT2D eigenvalue weighted by molar-refractivity contribution is 0.272. The van der Waals surface area contributed by atoms with Crippen LogP contribution in [0.25, 0.3) is 0 Å². The summed E-state index contributed by atoms with van der Waals surface area (Å²) in [7, 11) is 0. The molecule has 1 aromatic carbocycles. The second-order valence-corrected chi connectivity index (χ2v) is 5.94. The van der Waals surface area contributed by atoms with E-state index in [1.807, 2.05) is 0 Å². The Hall–Kier alpha value is -1.51. The third-order valence-electron chi connectivity index (χ3n) is 4.48. The van der Waals surface area contributed by atoms with Gasteiger partial charge in [0, 0.05) is 12.6 Å². The van der Waals surface area contributed by atoms with E-state index in [0.717, 1.165) is 12.5 Å². The normalized spacial score (nSPS) is 27.5. The van der Waals surface area contributed by atoms with Crippen LogP contribution in [0, 0.1) is 5.92 Å². The van der Waals surface area contributed by atoms with Crippen molar-refractivity contribution in [3.63, 3.8) is 0 Å². The second-order valence-electron chi connectivity index (χ2n) is 5.94. The summed E-state index contributed by atoms with van der Waals surface area (Å²) < 4.78 is 0. The maximum atomic E-state index is 5.90. The molecular weight excluding hydrogens is 234 g/mol. The van der Waals surface area contributed by atoms with E-state index in [1.54, 1.807) is 0 Å². The SMILES string of the molecule is NC(=NCC1CC(c2ccccc2)C1)NC1CCC1. The minimum Gasteiger partial charge on any atom is -0.370 e. The molecule has 102 valence electrons. The van der Waals surface area contributed by atoms with Crippen molar-refractivity contribution in [1.82, 2.24) is 5.32 Å². The maximum absolute atomic E-state index is 5.90. The molecule has 0 bridgehead atoms. The van der Waals surface area contributed by atoms with E-state index in [-0.39, 0.29) is 0 Å². The molecule has 2 fully saturated rings. The van der Waals surface area contributed by atoms with Crippen molar-refractivity contribution in [1.29, 1.82) is 0 Å². The molecule has 3 heteroatoms. The number of hydrogen-bond acceptors (Lipinski definition) is 1. The smallest absolute Gasteiger partial charge is 0.188 e. The quantitative estimate of drug-likeness (QED) is 0.643. The summed E-state index contributed by atoms with van der Waals surface area (Å²) in [4.78, 5) is 4.48. The van der Waals surface area contributed by atoms with Gasteiger partial charge >= 0.3 is 0 Å². The molecule has 0 amide bonds. The monoisotopic (exact) mass is 257 g/mol. The van der Waals surface area contributed by atoms with Gasteiger partial charge in [0.15, 0.2) is 5.96 Å². The predicted octanol–water partition coefficient (Wildman–Crippen LogP) is 2.64. The fraction of sp³-hybridized carbons (Fsp3) is 0.562. The van der Waals surface area contributed by atoms with Gasteiger partial charge in [0.2, 0.25) is 0 Å². The second kappa shape index (κ2) is 5.64. The summed E-state index contributed by atoms with van der Waals surface area (Å²) >= 11 is 0. The molecule has 0 spiro atoms. The molecular formula is C16H23N3. The summed E-state index contributed by atoms with van der Waals surface area (Å²) in [6, 6.07) is 11.4. The molecule has 0 atom stereocenters. The molecule has 0 heterocycles. The van der Waals surface area contributed by atoms with Crippen molar-refractivity contribution >= 4 is 5.96 Å². The first-order chi connectivity index (χ1) is 9.31. The fourth-order valence-electron chi connectivity index (χ4n) is 2.92. The number of aliphatic imine (C=N–C) groups is 1. The van der Waals surface area contributed by atoms with Gasteiger partial charge in [-0.2, -0.15) is 0 Å². The highest BCUT2D eigenvalue weighted by molar-refractivity contribution is 5.78. The van der Waals surface area contributed by atoms with Gasteiger partial charge in [-0.3, -0.25) is 4.99 Å². The molecule has 0 aliphatic heterocycles. The first-order valence-electron chi connectivity index (χ1n) is 7.42. The van der Waals surface area contributed by atoms with Crippen LogP contribution in [0.15, 0.2) is 35.3 Å². The van der Waals surface area contributed by atoms with Gasteiger partial charge in [0.25, 0.3) is 0 Å². The molecule has 1 aromatic rings. The van der Waals surface area contributed by atoms with Gasteiger partial charge < -0.3 is 11.1 Å². The van der Waals surface area contributed by atoms with Gasteiger partial charge in [0.1, 0.15) is 0 Å². The largest absolute Gasteiger partial charge is 0.370 e. The van der Waals surface area contributed by atoms with Crippen LogP contribution in [0.2, 0.25) is 0 Å². The van der Waals surface area contributed by atoms with E-state index in [2.05, 4.69) is 40.6 Å². The molecule has 19 heavy (non-hydrogen) atoms. The molecule has 2 aliphatic rings. The lowest BCUT2D eigenvalue weighted by Gasteiger charge is -2.35. The number of benzene rings is 1. The summed E-state index contributed by atoms with van der Waals surface area (Å²) in [5, 5.41) is 3.29. The molecule has 2 aliphatic carbocycles. The van der Waals surface area contributed by atoms with E-state index >= 15 is 0 Å².